The first-order chi connectivity index (χ1) is 10.2. The number of hydrogen-bond acceptors (Lipinski definition) is 5. The number of nitrogens with two attached hydrogens (primary N) is 1. The van der Waals surface area contributed by atoms with Gasteiger partial charge < -0.3 is 10.5 Å². The third-order valence-corrected chi connectivity index (χ3v) is 4.84. The normalized spacial score (nSPS) is 30.2. The van der Waals surface area contributed by atoms with E-state index in [1.165, 1.54) is 0 Å². The second kappa shape index (κ2) is 6.82. The van der Waals surface area contributed by atoms with Gasteiger partial charge in [-0.15, -0.1) is 0 Å². The van der Waals surface area contributed by atoms with E-state index in [0.717, 1.165) is 6.23 Å². The Morgan fingerprint density at radius 3 is 2.77 bits per heavy atom. The molecule has 0 aromatic carbocycles. The third kappa shape index (κ3) is 4.90. The number of hydrogen-bond donors (Lipinski definition) is 2. The molecule has 2 rings (SSSR count). The number of hydrazine groups is 1. The van der Waals surface area contributed by atoms with Gasteiger partial charge in [0.25, 0.3) is 5.92 Å². The maximum atomic E-state index is 13.6. The molecule has 2 atom stereocenters. The van der Waals surface area contributed by atoms with Crippen LogP contribution in [0.25, 0.3) is 0 Å². The molecular formula is C14H28F2N4OSi. The van der Waals surface area contributed by atoms with Crippen molar-refractivity contribution in [2.24, 2.45) is 5.73 Å². The standard InChI is InChI=1S/C14H28F2N4OSi/c1-22(2,3)11-21-8-7-20-13(12(17)9-18-20)19-6-4-5-14(15,16)10-19/h7-8,12-13,18H,4-6,9-11,17H2,1-3H3/b8-7+. The minimum absolute atomic E-state index is 0.0337. The van der Waals surface area contributed by atoms with Crippen molar-refractivity contribution in [3.63, 3.8) is 0 Å². The number of nitrogens with zero attached hydrogens (tertiary/aromatic N) is 2. The van der Waals surface area contributed by atoms with Crippen LogP contribution in [0.1, 0.15) is 12.8 Å². The number of halogens is 2. The smallest absolute Gasteiger partial charge is 0.260 e. The second-order valence-electron chi connectivity index (χ2n) is 7.43. The molecule has 0 amide bonds. The molecule has 2 aliphatic rings. The molecule has 0 radical (unpaired) electrons. The minimum atomic E-state index is -2.62. The summed E-state index contributed by atoms with van der Waals surface area (Å²) in [6.45, 7) is 7.67. The molecule has 0 spiro atoms. The lowest BCUT2D eigenvalue weighted by molar-refractivity contribution is -0.0914. The van der Waals surface area contributed by atoms with Gasteiger partial charge in [-0.1, -0.05) is 19.6 Å². The lowest BCUT2D eigenvalue weighted by Gasteiger charge is -2.40. The van der Waals surface area contributed by atoms with Crippen molar-refractivity contribution in [1.82, 2.24) is 15.3 Å². The Labute approximate surface area is 132 Å². The summed E-state index contributed by atoms with van der Waals surface area (Å²) in [7, 11) is -1.26. The number of alkyl halides is 2. The van der Waals surface area contributed by atoms with Crippen LogP contribution in [0, 0.1) is 0 Å². The average molecular weight is 334 g/mol. The monoisotopic (exact) mass is 334 g/mol. The van der Waals surface area contributed by atoms with E-state index in [1.807, 2.05) is 0 Å². The molecule has 2 aliphatic heterocycles. The Morgan fingerprint density at radius 2 is 2.14 bits per heavy atom. The molecule has 2 heterocycles. The molecule has 5 nitrogen and oxygen atoms in total. The molecule has 128 valence electrons. The third-order valence-electron chi connectivity index (χ3n) is 3.81. The van der Waals surface area contributed by atoms with Crippen molar-refractivity contribution in [3.8, 4) is 0 Å². The topological polar surface area (TPSA) is 53.8 Å². The van der Waals surface area contributed by atoms with Gasteiger partial charge in [-0.2, -0.15) is 0 Å². The Balaban J connectivity index is 1.94. The number of likely N-dealkylation sites (tertiary alicyclic amines) is 1. The lowest BCUT2D eigenvalue weighted by Crippen LogP contribution is -2.57. The Bertz CT molecular complexity index is 403. The Kier molecular flexibility index (Phi) is 5.47. The first-order valence-electron chi connectivity index (χ1n) is 7.86. The molecule has 0 saturated carbocycles. The summed E-state index contributed by atoms with van der Waals surface area (Å²) in [5, 5.41) is 1.80. The fourth-order valence-electron chi connectivity index (χ4n) is 2.83. The Morgan fingerprint density at radius 1 is 1.41 bits per heavy atom. The molecule has 0 aromatic rings. The van der Waals surface area contributed by atoms with Crippen molar-refractivity contribution < 1.29 is 13.5 Å². The first kappa shape index (κ1) is 17.6. The highest BCUT2D eigenvalue weighted by molar-refractivity contribution is 6.76. The van der Waals surface area contributed by atoms with Crippen molar-refractivity contribution in [3.05, 3.63) is 12.5 Å². The van der Waals surface area contributed by atoms with Crippen LogP contribution in [0.5, 0.6) is 0 Å². The number of piperidine rings is 1. The highest BCUT2D eigenvalue weighted by atomic mass is 28.3. The summed E-state index contributed by atoms with van der Waals surface area (Å²) in [5.74, 6) is -2.62. The average Bonchev–Trinajstić information content (AvgIpc) is 2.73. The zero-order chi connectivity index (χ0) is 16.4. The zero-order valence-corrected chi connectivity index (χ0v) is 14.7. The van der Waals surface area contributed by atoms with Crippen LogP contribution in [-0.4, -0.2) is 62.0 Å². The van der Waals surface area contributed by atoms with E-state index < -0.39 is 14.0 Å². The highest BCUT2D eigenvalue weighted by Gasteiger charge is 2.42. The van der Waals surface area contributed by atoms with Gasteiger partial charge in [0.05, 0.1) is 39.4 Å². The van der Waals surface area contributed by atoms with Crippen LogP contribution in [0.3, 0.4) is 0 Å². The van der Waals surface area contributed by atoms with Crippen LogP contribution in [0.2, 0.25) is 19.6 Å². The van der Waals surface area contributed by atoms with E-state index in [0.29, 0.717) is 19.5 Å². The van der Waals surface area contributed by atoms with Crippen LogP contribution in [0.15, 0.2) is 12.5 Å². The van der Waals surface area contributed by atoms with Crippen LogP contribution >= 0.6 is 0 Å². The molecule has 0 aliphatic carbocycles. The van der Waals surface area contributed by atoms with E-state index in [1.54, 1.807) is 22.4 Å². The van der Waals surface area contributed by atoms with E-state index in [-0.39, 0.29) is 25.2 Å². The number of rotatable bonds is 5. The Hall–Kier alpha value is -0.703. The highest BCUT2D eigenvalue weighted by Crippen LogP contribution is 2.29. The van der Waals surface area contributed by atoms with Gasteiger partial charge in [0.1, 0.15) is 6.17 Å². The quantitative estimate of drug-likeness (QED) is 0.590. The van der Waals surface area contributed by atoms with Gasteiger partial charge in [-0.25, -0.2) is 14.2 Å². The fraction of sp³-hybridized carbons (Fsp3) is 0.857. The summed E-state index contributed by atoms with van der Waals surface area (Å²) in [6, 6.07) is -0.199. The predicted octanol–water partition coefficient (Wildman–Crippen LogP) is 1.56. The van der Waals surface area contributed by atoms with E-state index in [9.17, 15) is 8.78 Å². The lowest BCUT2D eigenvalue weighted by atomic mass is 10.1. The van der Waals surface area contributed by atoms with Gasteiger partial charge in [-0.3, -0.25) is 9.91 Å². The summed E-state index contributed by atoms with van der Waals surface area (Å²) in [6.07, 6.45) is 4.35. The molecular weight excluding hydrogens is 306 g/mol. The van der Waals surface area contributed by atoms with Crippen LogP contribution in [-0.2, 0) is 4.74 Å². The van der Waals surface area contributed by atoms with Crippen molar-refractivity contribution >= 4 is 8.07 Å². The minimum Gasteiger partial charge on any atom is -0.503 e. The predicted molar refractivity (Wildman–Crippen MR) is 85.8 cm³/mol. The van der Waals surface area contributed by atoms with Gasteiger partial charge in [0, 0.05) is 19.5 Å². The summed E-state index contributed by atoms with van der Waals surface area (Å²) < 4.78 is 32.8. The molecule has 0 aromatic heterocycles. The molecule has 2 saturated heterocycles. The van der Waals surface area contributed by atoms with Gasteiger partial charge >= 0.3 is 0 Å². The largest absolute Gasteiger partial charge is 0.503 e. The van der Waals surface area contributed by atoms with E-state index >= 15 is 0 Å². The number of ether oxygens (including phenoxy) is 1. The van der Waals surface area contributed by atoms with Gasteiger partial charge in [-0.05, 0) is 6.42 Å². The van der Waals surface area contributed by atoms with Gasteiger partial charge in [0.15, 0.2) is 0 Å². The number of nitrogens with one attached hydrogen (secondary N) is 1. The van der Waals surface area contributed by atoms with Crippen LogP contribution in [0.4, 0.5) is 8.78 Å². The summed E-state index contributed by atoms with van der Waals surface area (Å²) in [5.41, 5.74) is 9.25. The first-order valence-corrected chi connectivity index (χ1v) is 11.6. The van der Waals surface area contributed by atoms with E-state index in [2.05, 4.69) is 25.1 Å². The van der Waals surface area contributed by atoms with Gasteiger partial charge in [0.2, 0.25) is 0 Å². The van der Waals surface area contributed by atoms with Crippen LogP contribution < -0.4 is 11.2 Å². The molecule has 3 N–H and O–H groups in total. The van der Waals surface area contributed by atoms with Crippen molar-refractivity contribution in [2.75, 3.05) is 25.9 Å². The molecule has 0 bridgehead atoms. The molecule has 2 fully saturated rings. The zero-order valence-electron chi connectivity index (χ0n) is 13.7. The van der Waals surface area contributed by atoms with E-state index in [4.69, 9.17) is 10.5 Å². The SMILES string of the molecule is C[Si](C)(C)CO/C=C/N1NCC(N)C1N1CCCC(F)(F)C1. The summed E-state index contributed by atoms with van der Waals surface area (Å²) in [4.78, 5) is 1.77. The maximum absolute atomic E-state index is 13.6. The van der Waals surface area contributed by atoms with Crippen molar-refractivity contribution in [2.45, 2.75) is 50.6 Å². The summed E-state index contributed by atoms with van der Waals surface area (Å²) >= 11 is 0. The fourth-order valence-corrected chi connectivity index (χ4v) is 3.43. The second-order valence-corrected chi connectivity index (χ2v) is 12.8. The molecule has 22 heavy (non-hydrogen) atoms. The molecule has 2 unspecified atom stereocenters. The maximum Gasteiger partial charge on any atom is 0.260 e. The van der Waals surface area contributed by atoms with Crippen molar-refractivity contribution in [1.29, 1.82) is 0 Å². The molecule has 8 heteroatoms.